The lowest BCUT2D eigenvalue weighted by Crippen LogP contribution is -2.31. The molecule has 2 N–H and O–H groups in total. The molecule has 0 bridgehead atoms. The van der Waals surface area contributed by atoms with Crippen LogP contribution in [0.15, 0.2) is 36.4 Å². The van der Waals surface area contributed by atoms with Crippen LogP contribution in [0.3, 0.4) is 0 Å². The van der Waals surface area contributed by atoms with Gasteiger partial charge in [-0.1, -0.05) is 48.4 Å². The first-order chi connectivity index (χ1) is 12.1. The van der Waals surface area contributed by atoms with Crippen LogP contribution in [0.1, 0.15) is 30.0 Å². The minimum atomic E-state index is 0.0715. The summed E-state index contributed by atoms with van der Waals surface area (Å²) < 4.78 is 11.3. The summed E-state index contributed by atoms with van der Waals surface area (Å²) in [6, 6.07) is 12.0. The van der Waals surface area contributed by atoms with Gasteiger partial charge in [-0.3, -0.25) is 0 Å². The van der Waals surface area contributed by atoms with Gasteiger partial charge in [-0.2, -0.15) is 0 Å². The number of aliphatic hydroxyl groups excluding tert-OH is 1. The van der Waals surface area contributed by atoms with Crippen LogP contribution in [0.5, 0.6) is 11.5 Å². The van der Waals surface area contributed by atoms with E-state index in [0.29, 0.717) is 29.7 Å². The van der Waals surface area contributed by atoms with Crippen LogP contribution < -0.4 is 14.8 Å². The largest absolute Gasteiger partial charge is 0.493 e. The summed E-state index contributed by atoms with van der Waals surface area (Å²) in [4.78, 5) is 0. The number of hydrogen-bond acceptors (Lipinski definition) is 4. The van der Waals surface area contributed by atoms with E-state index in [9.17, 15) is 5.11 Å². The highest BCUT2D eigenvalue weighted by molar-refractivity contribution is 6.32. The molecule has 25 heavy (non-hydrogen) atoms. The van der Waals surface area contributed by atoms with Gasteiger partial charge >= 0.3 is 0 Å². The summed E-state index contributed by atoms with van der Waals surface area (Å²) in [5, 5.41) is 13.1. The Morgan fingerprint density at radius 2 is 1.88 bits per heavy atom. The van der Waals surface area contributed by atoms with Crippen molar-refractivity contribution in [3.63, 3.8) is 0 Å². The van der Waals surface area contributed by atoms with E-state index in [4.69, 9.17) is 21.1 Å². The molecule has 4 nitrogen and oxygen atoms in total. The molecule has 1 unspecified atom stereocenters. The van der Waals surface area contributed by atoms with Gasteiger partial charge < -0.3 is 19.9 Å². The van der Waals surface area contributed by atoms with Crippen LogP contribution in [-0.4, -0.2) is 24.9 Å². The molecule has 0 heterocycles. The van der Waals surface area contributed by atoms with Gasteiger partial charge in [-0.25, -0.2) is 0 Å². The van der Waals surface area contributed by atoms with E-state index in [-0.39, 0.29) is 12.6 Å². The Bertz CT molecular complexity index is 669. The molecule has 0 aliphatic carbocycles. The Labute approximate surface area is 154 Å². The number of benzene rings is 2. The molecule has 0 aliphatic heterocycles. The summed E-state index contributed by atoms with van der Waals surface area (Å²) in [6.45, 7) is 5.23. The zero-order valence-electron chi connectivity index (χ0n) is 15.0. The lowest BCUT2D eigenvalue weighted by molar-refractivity contribution is 0.238. The molecule has 2 aromatic carbocycles. The predicted octanol–water partition coefficient (Wildman–Crippen LogP) is 4.10. The molecule has 1 atom stereocenters. The molecule has 136 valence electrons. The predicted molar refractivity (Wildman–Crippen MR) is 102 cm³/mol. The van der Waals surface area contributed by atoms with E-state index >= 15 is 0 Å². The fourth-order valence-corrected chi connectivity index (χ4v) is 2.74. The lowest BCUT2D eigenvalue weighted by Gasteiger charge is -2.17. The molecule has 2 rings (SSSR count). The van der Waals surface area contributed by atoms with E-state index in [1.165, 1.54) is 5.56 Å². The fraction of sp³-hybridized carbons (Fsp3) is 0.400. The Morgan fingerprint density at radius 1 is 1.16 bits per heavy atom. The molecule has 0 saturated heterocycles. The highest BCUT2D eigenvalue weighted by Gasteiger charge is 2.13. The smallest absolute Gasteiger partial charge is 0.180 e. The maximum absolute atomic E-state index is 9.27. The van der Waals surface area contributed by atoms with Crippen LogP contribution in [-0.2, 0) is 13.2 Å². The monoisotopic (exact) mass is 363 g/mol. The minimum Gasteiger partial charge on any atom is -0.493 e. The number of halogens is 1. The molecule has 0 aliphatic rings. The third kappa shape index (κ3) is 5.63. The molecule has 0 amide bonds. The van der Waals surface area contributed by atoms with Crippen molar-refractivity contribution in [1.82, 2.24) is 5.32 Å². The van der Waals surface area contributed by atoms with Gasteiger partial charge in [0.2, 0.25) is 0 Å². The van der Waals surface area contributed by atoms with E-state index < -0.39 is 0 Å². The van der Waals surface area contributed by atoms with Crippen LogP contribution in [0.4, 0.5) is 0 Å². The molecule has 5 heteroatoms. The number of methoxy groups -OCH3 is 1. The first kappa shape index (κ1) is 19.6. The van der Waals surface area contributed by atoms with Gasteiger partial charge in [0, 0.05) is 12.6 Å². The van der Waals surface area contributed by atoms with Gasteiger partial charge in [0.15, 0.2) is 11.5 Å². The third-order valence-electron chi connectivity index (χ3n) is 4.10. The third-order valence-corrected chi connectivity index (χ3v) is 4.38. The van der Waals surface area contributed by atoms with Crippen molar-refractivity contribution in [3.05, 3.63) is 58.1 Å². The van der Waals surface area contributed by atoms with Crippen molar-refractivity contribution in [2.75, 3.05) is 13.7 Å². The second-order valence-electron chi connectivity index (χ2n) is 6.05. The second kappa shape index (κ2) is 9.66. The van der Waals surface area contributed by atoms with Gasteiger partial charge in [-0.05, 0) is 36.6 Å². The van der Waals surface area contributed by atoms with Crippen LogP contribution in [0, 0.1) is 6.92 Å². The first-order valence-electron chi connectivity index (χ1n) is 8.46. The van der Waals surface area contributed by atoms with Gasteiger partial charge in [0.1, 0.15) is 6.61 Å². The SMILES string of the molecule is CCC(CO)NCc1cc(Cl)c(OCc2ccc(C)cc2)c(OC)c1. The van der Waals surface area contributed by atoms with Crippen molar-refractivity contribution < 1.29 is 14.6 Å². The topological polar surface area (TPSA) is 50.7 Å². The Morgan fingerprint density at radius 3 is 2.48 bits per heavy atom. The van der Waals surface area contributed by atoms with Crippen molar-refractivity contribution in [3.8, 4) is 11.5 Å². The Kier molecular flexibility index (Phi) is 7.56. The number of hydrogen-bond donors (Lipinski definition) is 2. The van der Waals surface area contributed by atoms with Crippen molar-refractivity contribution >= 4 is 11.6 Å². The maximum Gasteiger partial charge on any atom is 0.180 e. The highest BCUT2D eigenvalue weighted by atomic mass is 35.5. The molecule has 0 spiro atoms. The van der Waals surface area contributed by atoms with E-state index in [0.717, 1.165) is 17.5 Å². The minimum absolute atomic E-state index is 0.0715. The fourth-order valence-electron chi connectivity index (χ4n) is 2.46. The number of aliphatic hydroxyl groups is 1. The van der Waals surface area contributed by atoms with Crippen LogP contribution in [0.25, 0.3) is 0 Å². The van der Waals surface area contributed by atoms with Gasteiger partial charge in [0.05, 0.1) is 18.7 Å². The molecular formula is C20H26ClNO3. The molecular weight excluding hydrogens is 338 g/mol. The molecule has 0 fully saturated rings. The lowest BCUT2D eigenvalue weighted by atomic mass is 10.1. The quantitative estimate of drug-likeness (QED) is 0.704. The maximum atomic E-state index is 9.27. The number of rotatable bonds is 9. The zero-order valence-corrected chi connectivity index (χ0v) is 15.8. The second-order valence-corrected chi connectivity index (χ2v) is 6.46. The van der Waals surface area contributed by atoms with Crippen molar-refractivity contribution in [2.24, 2.45) is 0 Å². The summed E-state index contributed by atoms with van der Waals surface area (Å²) in [5.41, 5.74) is 3.27. The Balaban J connectivity index is 2.09. The molecule has 2 aromatic rings. The average molecular weight is 364 g/mol. The number of aryl methyl sites for hydroxylation is 1. The van der Waals surface area contributed by atoms with E-state index in [2.05, 4.69) is 24.4 Å². The molecule has 0 radical (unpaired) electrons. The summed E-state index contributed by atoms with van der Waals surface area (Å²) in [7, 11) is 1.60. The van der Waals surface area contributed by atoms with Crippen molar-refractivity contribution in [2.45, 2.75) is 39.5 Å². The zero-order chi connectivity index (χ0) is 18.2. The van der Waals surface area contributed by atoms with Crippen LogP contribution >= 0.6 is 11.6 Å². The first-order valence-corrected chi connectivity index (χ1v) is 8.84. The summed E-state index contributed by atoms with van der Waals surface area (Å²) in [5.74, 6) is 1.15. The number of nitrogens with one attached hydrogen (secondary N) is 1. The molecule has 0 saturated carbocycles. The number of ether oxygens (including phenoxy) is 2. The summed E-state index contributed by atoms with van der Waals surface area (Å²) >= 11 is 6.41. The van der Waals surface area contributed by atoms with Gasteiger partial charge in [0.25, 0.3) is 0 Å². The Hall–Kier alpha value is -1.75. The average Bonchev–Trinajstić information content (AvgIpc) is 2.62. The van der Waals surface area contributed by atoms with E-state index in [1.54, 1.807) is 7.11 Å². The summed E-state index contributed by atoms with van der Waals surface area (Å²) in [6.07, 6.45) is 0.860. The molecule has 0 aromatic heterocycles. The van der Waals surface area contributed by atoms with Crippen molar-refractivity contribution in [1.29, 1.82) is 0 Å². The highest BCUT2D eigenvalue weighted by Crippen LogP contribution is 2.37. The van der Waals surface area contributed by atoms with Gasteiger partial charge in [-0.15, -0.1) is 0 Å². The van der Waals surface area contributed by atoms with Crippen LogP contribution in [0.2, 0.25) is 5.02 Å². The standard InChI is InChI=1S/C20H26ClNO3/c1-4-17(12-23)22-11-16-9-18(21)20(19(10-16)24-3)25-13-15-7-5-14(2)6-8-15/h5-10,17,22-23H,4,11-13H2,1-3H3. The van der Waals surface area contributed by atoms with E-state index in [1.807, 2.05) is 31.2 Å². The normalized spacial score (nSPS) is 12.0.